The summed E-state index contributed by atoms with van der Waals surface area (Å²) in [6.07, 6.45) is 2.11. The molecule has 0 aromatic heterocycles. The molecule has 3 N–H and O–H groups in total. The summed E-state index contributed by atoms with van der Waals surface area (Å²) in [7, 11) is 0. The molecule has 0 unspecified atom stereocenters. The molecule has 7 heteroatoms. The molecule has 1 atom stereocenters. The van der Waals surface area contributed by atoms with Crippen molar-refractivity contribution < 1.29 is 13.9 Å². The predicted molar refractivity (Wildman–Crippen MR) is 80.0 cm³/mol. The molecule has 1 aliphatic rings. The first-order chi connectivity index (χ1) is 10.7. The van der Waals surface area contributed by atoms with Gasteiger partial charge in [-0.3, -0.25) is 0 Å². The molecule has 1 aromatic carbocycles. The Morgan fingerprint density at radius 3 is 3.00 bits per heavy atom. The fourth-order valence-corrected chi connectivity index (χ4v) is 2.23. The normalized spacial score (nSPS) is 16.8. The highest BCUT2D eigenvalue weighted by Crippen LogP contribution is 2.17. The molecule has 0 aliphatic carbocycles. The molecule has 1 fully saturated rings. The molecule has 0 spiro atoms. The molecule has 0 radical (unpaired) electrons. The van der Waals surface area contributed by atoms with Gasteiger partial charge >= 0.3 is 6.03 Å². The zero-order valence-electron chi connectivity index (χ0n) is 12.2. The molecule has 0 saturated carbocycles. The van der Waals surface area contributed by atoms with E-state index in [0.717, 1.165) is 19.4 Å². The number of carbonyl (C=O) groups is 1. The number of urea groups is 1. The number of hydrogen-bond acceptors (Lipinski definition) is 4. The fraction of sp³-hybridized carbons (Fsp3) is 0.467. The number of carbonyl (C=O) groups excluding carboxylic acids is 1. The minimum atomic E-state index is -0.560. The molecular formula is C15H19FN4O2. The summed E-state index contributed by atoms with van der Waals surface area (Å²) in [6, 6.07) is 5.94. The van der Waals surface area contributed by atoms with Gasteiger partial charge in [-0.25, -0.2) is 9.18 Å². The number of nitriles is 1. The first-order valence-corrected chi connectivity index (χ1v) is 7.26. The van der Waals surface area contributed by atoms with Crippen LogP contribution in [0.3, 0.4) is 0 Å². The van der Waals surface area contributed by atoms with E-state index in [4.69, 9.17) is 10.00 Å². The summed E-state index contributed by atoms with van der Waals surface area (Å²) < 4.78 is 18.8. The van der Waals surface area contributed by atoms with Crippen molar-refractivity contribution in [3.8, 4) is 6.07 Å². The van der Waals surface area contributed by atoms with Crippen LogP contribution in [0.2, 0.25) is 0 Å². The molecule has 0 bridgehead atoms. The maximum Gasteiger partial charge on any atom is 0.314 e. The molecule has 6 nitrogen and oxygen atoms in total. The van der Waals surface area contributed by atoms with Gasteiger partial charge in [-0.2, -0.15) is 5.26 Å². The maximum absolute atomic E-state index is 13.4. The summed E-state index contributed by atoms with van der Waals surface area (Å²) in [4.78, 5) is 11.6. The number of anilines is 1. The molecule has 22 heavy (non-hydrogen) atoms. The average molecular weight is 306 g/mol. The number of hydrogen-bond donors (Lipinski definition) is 3. The molecular weight excluding hydrogens is 287 g/mol. The lowest BCUT2D eigenvalue weighted by atomic mass is 10.2. The van der Waals surface area contributed by atoms with Gasteiger partial charge in [-0.05, 0) is 25.0 Å². The summed E-state index contributed by atoms with van der Waals surface area (Å²) in [5.41, 5.74) is 0.398. The first-order valence-electron chi connectivity index (χ1n) is 7.26. The van der Waals surface area contributed by atoms with Crippen LogP contribution in [-0.2, 0) is 4.74 Å². The van der Waals surface area contributed by atoms with E-state index in [1.807, 2.05) is 6.07 Å². The number of rotatable bonds is 6. The van der Waals surface area contributed by atoms with E-state index >= 15 is 0 Å². The van der Waals surface area contributed by atoms with E-state index in [0.29, 0.717) is 25.3 Å². The Morgan fingerprint density at radius 2 is 2.27 bits per heavy atom. The van der Waals surface area contributed by atoms with Crippen LogP contribution < -0.4 is 16.0 Å². The number of halogens is 1. The Hall–Kier alpha value is -2.33. The number of amides is 2. The van der Waals surface area contributed by atoms with Gasteiger partial charge in [0.1, 0.15) is 17.4 Å². The van der Waals surface area contributed by atoms with Gasteiger partial charge in [0.2, 0.25) is 0 Å². The average Bonchev–Trinajstić information content (AvgIpc) is 3.03. The van der Waals surface area contributed by atoms with Crippen LogP contribution >= 0.6 is 0 Å². The molecule has 2 amide bonds. The third-order valence-corrected chi connectivity index (χ3v) is 3.37. The van der Waals surface area contributed by atoms with Crippen molar-refractivity contribution >= 4 is 11.7 Å². The SMILES string of the molecule is N#Cc1c(F)cccc1NCCNC(=O)NC[C@@H]1CCCO1. The number of nitrogens with zero attached hydrogens (tertiary/aromatic N) is 1. The highest BCUT2D eigenvalue weighted by Gasteiger charge is 2.15. The van der Waals surface area contributed by atoms with Gasteiger partial charge in [0.05, 0.1) is 11.8 Å². The van der Waals surface area contributed by atoms with Crippen LogP contribution in [0.1, 0.15) is 18.4 Å². The van der Waals surface area contributed by atoms with Crippen molar-refractivity contribution in [2.45, 2.75) is 18.9 Å². The third-order valence-electron chi connectivity index (χ3n) is 3.37. The van der Waals surface area contributed by atoms with Gasteiger partial charge < -0.3 is 20.7 Å². The molecule has 1 heterocycles. The Labute approximate surface area is 128 Å². The van der Waals surface area contributed by atoms with Crippen molar-refractivity contribution in [1.29, 1.82) is 5.26 Å². The van der Waals surface area contributed by atoms with Gasteiger partial charge in [0, 0.05) is 26.2 Å². The van der Waals surface area contributed by atoms with Crippen molar-refractivity contribution in [2.24, 2.45) is 0 Å². The number of benzene rings is 1. The highest BCUT2D eigenvalue weighted by molar-refractivity contribution is 5.73. The Morgan fingerprint density at radius 1 is 1.41 bits per heavy atom. The number of ether oxygens (including phenoxy) is 1. The van der Waals surface area contributed by atoms with Gasteiger partial charge in [0.25, 0.3) is 0 Å². The summed E-state index contributed by atoms with van der Waals surface area (Å²) >= 11 is 0. The van der Waals surface area contributed by atoms with Crippen LogP contribution in [0.4, 0.5) is 14.9 Å². The largest absolute Gasteiger partial charge is 0.382 e. The molecule has 1 saturated heterocycles. The zero-order valence-corrected chi connectivity index (χ0v) is 12.2. The van der Waals surface area contributed by atoms with Gasteiger partial charge in [-0.1, -0.05) is 6.07 Å². The number of nitrogens with one attached hydrogen (secondary N) is 3. The van der Waals surface area contributed by atoms with Gasteiger partial charge in [0.15, 0.2) is 0 Å². The van der Waals surface area contributed by atoms with Crippen LogP contribution in [-0.4, -0.2) is 38.4 Å². The second-order valence-electron chi connectivity index (χ2n) is 4.97. The summed E-state index contributed by atoms with van der Waals surface area (Å²) in [5, 5.41) is 17.2. The van der Waals surface area contributed by atoms with Crippen LogP contribution in [0, 0.1) is 17.1 Å². The van der Waals surface area contributed by atoms with E-state index in [1.165, 1.54) is 12.1 Å². The topological polar surface area (TPSA) is 86.2 Å². The van der Waals surface area contributed by atoms with Crippen molar-refractivity contribution in [1.82, 2.24) is 10.6 Å². The first kappa shape index (κ1) is 16.0. The third kappa shape index (κ3) is 4.60. The highest BCUT2D eigenvalue weighted by atomic mass is 19.1. The summed E-state index contributed by atoms with van der Waals surface area (Å²) in [6.45, 7) is 2.01. The van der Waals surface area contributed by atoms with E-state index in [2.05, 4.69) is 16.0 Å². The van der Waals surface area contributed by atoms with E-state index < -0.39 is 5.82 Å². The minimum Gasteiger partial charge on any atom is -0.382 e. The van der Waals surface area contributed by atoms with Crippen molar-refractivity contribution in [3.05, 3.63) is 29.6 Å². The Kier molecular flexibility index (Phi) is 5.98. The second kappa shape index (κ2) is 8.20. The predicted octanol–water partition coefficient (Wildman–Crippen LogP) is 1.59. The van der Waals surface area contributed by atoms with Crippen LogP contribution in [0.5, 0.6) is 0 Å². The standard InChI is InChI=1S/C15H19FN4O2/c16-13-4-1-5-14(12(13)9-17)18-6-7-19-15(21)20-10-11-3-2-8-22-11/h1,4-5,11,18H,2-3,6-8,10H2,(H2,19,20,21)/t11-/m0/s1. The molecule has 1 aliphatic heterocycles. The lowest BCUT2D eigenvalue weighted by Gasteiger charge is -2.12. The molecule has 2 rings (SSSR count). The van der Waals surface area contributed by atoms with Crippen molar-refractivity contribution in [2.75, 3.05) is 31.6 Å². The monoisotopic (exact) mass is 306 g/mol. The fourth-order valence-electron chi connectivity index (χ4n) is 2.23. The van der Waals surface area contributed by atoms with E-state index in [-0.39, 0.29) is 17.7 Å². The molecule has 1 aromatic rings. The van der Waals surface area contributed by atoms with E-state index in [9.17, 15) is 9.18 Å². The lowest BCUT2D eigenvalue weighted by molar-refractivity contribution is 0.111. The smallest absolute Gasteiger partial charge is 0.314 e. The van der Waals surface area contributed by atoms with Crippen molar-refractivity contribution in [3.63, 3.8) is 0 Å². The Balaban J connectivity index is 1.65. The van der Waals surface area contributed by atoms with Gasteiger partial charge in [-0.15, -0.1) is 0 Å². The quantitative estimate of drug-likeness (QED) is 0.697. The van der Waals surface area contributed by atoms with Crippen LogP contribution in [0.15, 0.2) is 18.2 Å². The maximum atomic E-state index is 13.4. The lowest BCUT2D eigenvalue weighted by Crippen LogP contribution is -2.41. The van der Waals surface area contributed by atoms with Crippen LogP contribution in [0.25, 0.3) is 0 Å². The summed E-state index contributed by atoms with van der Waals surface area (Å²) in [5.74, 6) is -0.560. The Bertz CT molecular complexity index is 553. The second-order valence-corrected chi connectivity index (χ2v) is 4.97. The molecule has 118 valence electrons. The van der Waals surface area contributed by atoms with E-state index in [1.54, 1.807) is 6.07 Å². The minimum absolute atomic E-state index is 0.0228. The zero-order chi connectivity index (χ0) is 15.8.